The lowest BCUT2D eigenvalue weighted by atomic mass is 10.2. The molecule has 0 atom stereocenters. The standard InChI is InChI=1S/C16H17ClFNO2S/c1-11-4-7-16(12(2)8-11)22(20,21)19(3)10-13-5-6-14(18)9-15(13)17/h4-9H,10H2,1-3H3. The van der Waals surface area contributed by atoms with Crippen LogP contribution < -0.4 is 0 Å². The van der Waals surface area contributed by atoms with Crippen LogP contribution in [-0.4, -0.2) is 19.8 Å². The van der Waals surface area contributed by atoms with E-state index in [0.29, 0.717) is 11.1 Å². The second kappa shape index (κ2) is 6.36. The van der Waals surface area contributed by atoms with Crippen LogP contribution in [0.4, 0.5) is 4.39 Å². The van der Waals surface area contributed by atoms with Gasteiger partial charge in [0.25, 0.3) is 0 Å². The summed E-state index contributed by atoms with van der Waals surface area (Å²) in [5.74, 6) is -0.450. The molecule has 2 rings (SSSR count). The highest BCUT2D eigenvalue weighted by molar-refractivity contribution is 7.89. The molecule has 6 heteroatoms. The first-order chi connectivity index (χ1) is 10.2. The summed E-state index contributed by atoms with van der Waals surface area (Å²) >= 11 is 5.96. The van der Waals surface area contributed by atoms with Crippen LogP contribution in [0.15, 0.2) is 41.3 Å². The zero-order chi connectivity index (χ0) is 16.5. The van der Waals surface area contributed by atoms with Crippen molar-refractivity contribution in [1.29, 1.82) is 0 Å². The second-order valence-electron chi connectivity index (χ2n) is 5.27. The van der Waals surface area contributed by atoms with Crippen LogP contribution in [0.3, 0.4) is 0 Å². The van der Waals surface area contributed by atoms with Crippen molar-refractivity contribution < 1.29 is 12.8 Å². The van der Waals surface area contributed by atoms with Gasteiger partial charge in [0.2, 0.25) is 10.0 Å². The molecule has 2 aromatic carbocycles. The largest absolute Gasteiger partial charge is 0.243 e. The van der Waals surface area contributed by atoms with Crippen LogP contribution in [0.2, 0.25) is 5.02 Å². The smallest absolute Gasteiger partial charge is 0.207 e. The predicted molar refractivity (Wildman–Crippen MR) is 86.0 cm³/mol. The van der Waals surface area contributed by atoms with E-state index in [1.807, 2.05) is 13.0 Å². The van der Waals surface area contributed by atoms with Gasteiger partial charge in [-0.15, -0.1) is 0 Å². The number of rotatable bonds is 4. The Morgan fingerprint density at radius 3 is 2.41 bits per heavy atom. The molecule has 0 bridgehead atoms. The molecule has 3 nitrogen and oxygen atoms in total. The van der Waals surface area contributed by atoms with Crippen molar-refractivity contribution in [3.63, 3.8) is 0 Å². The average Bonchev–Trinajstić information content (AvgIpc) is 2.41. The van der Waals surface area contributed by atoms with E-state index in [1.54, 1.807) is 19.1 Å². The molecule has 0 aliphatic rings. The normalized spacial score (nSPS) is 11.9. The molecule has 0 aliphatic carbocycles. The Hall–Kier alpha value is -1.43. The average molecular weight is 342 g/mol. The molecule has 0 fully saturated rings. The fourth-order valence-corrected chi connectivity index (χ4v) is 3.81. The van der Waals surface area contributed by atoms with Gasteiger partial charge < -0.3 is 0 Å². The number of hydrogen-bond donors (Lipinski definition) is 0. The predicted octanol–water partition coefficient (Wildman–Crippen LogP) is 3.92. The Labute approximate surface area is 135 Å². The number of benzene rings is 2. The molecule has 0 aliphatic heterocycles. The van der Waals surface area contributed by atoms with E-state index >= 15 is 0 Å². The third-order valence-corrected chi connectivity index (χ3v) is 5.74. The summed E-state index contributed by atoms with van der Waals surface area (Å²) in [5, 5.41) is 0.211. The molecule has 2 aromatic rings. The summed E-state index contributed by atoms with van der Waals surface area (Å²) in [4.78, 5) is 0.263. The SMILES string of the molecule is Cc1ccc(S(=O)(=O)N(C)Cc2ccc(F)cc2Cl)c(C)c1. The molecule has 0 amide bonds. The summed E-state index contributed by atoms with van der Waals surface area (Å²) in [7, 11) is -2.15. The van der Waals surface area contributed by atoms with Gasteiger partial charge in [-0.1, -0.05) is 35.4 Å². The molecule has 0 N–H and O–H groups in total. The molecule has 0 spiro atoms. The molecule has 0 radical (unpaired) electrons. The van der Waals surface area contributed by atoms with Crippen molar-refractivity contribution in [3.05, 3.63) is 63.9 Å². The Bertz CT molecular complexity index is 806. The van der Waals surface area contributed by atoms with Gasteiger partial charge in [-0.3, -0.25) is 0 Å². The molecule has 0 heterocycles. The highest BCUT2D eigenvalue weighted by Crippen LogP contribution is 2.24. The highest BCUT2D eigenvalue weighted by Gasteiger charge is 2.23. The molecular weight excluding hydrogens is 325 g/mol. The lowest BCUT2D eigenvalue weighted by Gasteiger charge is -2.19. The summed E-state index contributed by atoms with van der Waals surface area (Å²) in [5.41, 5.74) is 2.25. The Balaban J connectivity index is 2.33. The van der Waals surface area contributed by atoms with E-state index in [0.717, 1.165) is 5.56 Å². The highest BCUT2D eigenvalue weighted by atomic mass is 35.5. The number of halogens is 2. The first-order valence-corrected chi connectivity index (χ1v) is 8.51. The van der Waals surface area contributed by atoms with E-state index in [9.17, 15) is 12.8 Å². The molecule has 0 saturated carbocycles. The first-order valence-electron chi connectivity index (χ1n) is 6.69. The fraction of sp³-hybridized carbons (Fsp3) is 0.250. The van der Waals surface area contributed by atoms with E-state index in [1.165, 1.54) is 29.6 Å². The Kier molecular flexibility index (Phi) is 4.90. The number of nitrogens with zero attached hydrogens (tertiary/aromatic N) is 1. The van der Waals surface area contributed by atoms with Crippen molar-refractivity contribution in [1.82, 2.24) is 4.31 Å². The minimum absolute atomic E-state index is 0.0781. The van der Waals surface area contributed by atoms with E-state index in [4.69, 9.17) is 11.6 Å². The maximum absolute atomic E-state index is 13.1. The van der Waals surface area contributed by atoms with Crippen molar-refractivity contribution in [3.8, 4) is 0 Å². The maximum Gasteiger partial charge on any atom is 0.243 e. The van der Waals surface area contributed by atoms with Gasteiger partial charge in [0.05, 0.1) is 4.90 Å². The van der Waals surface area contributed by atoms with E-state index < -0.39 is 15.8 Å². The van der Waals surface area contributed by atoms with E-state index in [2.05, 4.69) is 0 Å². The third kappa shape index (κ3) is 3.48. The number of aryl methyl sites for hydroxylation is 2. The summed E-state index contributed by atoms with van der Waals surface area (Å²) in [6.07, 6.45) is 0. The van der Waals surface area contributed by atoms with Crippen LogP contribution in [0.1, 0.15) is 16.7 Å². The van der Waals surface area contributed by atoms with Crippen LogP contribution in [0.5, 0.6) is 0 Å². The van der Waals surface area contributed by atoms with Gasteiger partial charge in [0, 0.05) is 18.6 Å². The third-order valence-electron chi connectivity index (χ3n) is 3.43. The van der Waals surface area contributed by atoms with Crippen molar-refractivity contribution in [2.75, 3.05) is 7.05 Å². The van der Waals surface area contributed by atoms with Gasteiger partial charge in [-0.2, -0.15) is 4.31 Å². The maximum atomic E-state index is 13.1. The summed E-state index contributed by atoms with van der Waals surface area (Å²) < 4.78 is 39.6. The van der Waals surface area contributed by atoms with Crippen LogP contribution in [-0.2, 0) is 16.6 Å². The lowest BCUT2D eigenvalue weighted by molar-refractivity contribution is 0.466. The minimum atomic E-state index is -3.63. The molecule has 0 unspecified atom stereocenters. The summed E-state index contributed by atoms with van der Waals surface area (Å²) in [6, 6.07) is 9.12. The molecule has 0 aromatic heterocycles. The zero-order valence-electron chi connectivity index (χ0n) is 12.6. The quantitative estimate of drug-likeness (QED) is 0.845. The van der Waals surface area contributed by atoms with Gasteiger partial charge in [-0.25, -0.2) is 12.8 Å². The number of hydrogen-bond acceptors (Lipinski definition) is 2. The van der Waals surface area contributed by atoms with Crippen molar-refractivity contribution in [2.45, 2.75) is 25.3 Å². The van der Waals surface area contributed by atoms with Crippen LogP contribution in [0, 0.1) is 19.7 Å². The minimum Gasteiger partial charge on any atom is -0.207 e. The Morgan fingerprint density at radius 2 is 1.82 bits per heavy atom. The topological polar surface area (TPSA) is 37.4 Å². The fourth-order valence-electron chi connectivity index (χ4n) is 2.23. The monoisotopic (exact) mass is 341 g/mol. The zero-order valence-corrected chi connectivity index (χ0v) is 14.2. The van der Waals surface area contributed by atoms with Gasteiger partial charge in [0.1, 0.15) is 5.82 Å². The lowest BCUT2D eigenvalue weighted by Crippen LogP contribution is -2.27. The Morgan fingerprint density at radius 1 is 1.14 bits per heavy atom. The van der Waals surface area contributed by atoms with Crippen molar-refractivity contribution in [2.24, 2.45) is 0 Å². The summed E-state index contributed by atoms with van der Waals surface area (Å²) in [6.45, 7) is 3.75. The molecule has 22 heavy (non-hydrogen) atoms. The van der Waals surface area contributed by atoms with Gasteiger partial charge in [0.15, 0.2) is 0 Å². The molecular formula is C16H17ClFNO2S. The van der Waals surface area contributed by atoms with Gasteiger partial charge in [-0.05, 0) is 43.2 Å². The van der Waals surface area contributed by atoms with Crippen LogP contribution >= 0.6 is 11.6 Å². The molecule has 118 valence electrons. The second-order valence-corrected chi connectivity index (χ2v) is 7.69. The molecule has 0 saturated heterocycles. The van der Waals surface area contributed by atoms with Crippen molar-refractivity contribution >= 4 is 21.6 Å². The number of sulfonamides is 1. The van der Waals surface area contributed by atoms with Gasteiger partial charge >= 0.3 is 0 Å². The van der Waals surface area contributed by atoms with E-state index in [-0.39, 0.29) is 16.5 Å². The first kappa shape index (κ1) is 16.9. The van der Waals surface area contributed by atoms with Crippen LogP contribution in [0.25, 0.3) is 0 Å².